The lowest BCUT2D eigenvalue weighted by atomic mass is 9.82. The van der Waals surface area contributed by atoms with Crippen molar-refractivity contribution in [2.24, 2.45) is 5.41 Å². The highest BCUT2D eigenvalue weighted by atomic mass is 16.7. The third-order valence-corrected chi connectivity index (χ3v) is 4.38. The number of ether oxygens (including phenoxy) is 5. The molecule has 1 fully saturated rings. The molecule has 0 saturated carbocycles. The van der Waals surface area contributed by atoms with E-state index in [1.807, 2.05) is 0 Å². The third kappa shape index (κ3) is 2.74. The zero-order valence-electron chi connectivity index (χ0n) is 14.5. The lowest BCUT2D eigenvalue weighted by Crippen LogP contribution is -2.46. The Balaban J connectivity index is 2.40. The van der Waals surface area contributed by atoms with Crippen LogP contribution in [-0.2, 0) is 19.1 Å². The Kier molecular flexibility index (Phi) is 5.21. The van der Waals surface area contributed by atoms with Gasteiger partial charge in [0.2, 0.25) is 5.75 Å². The van der Waals surface area contributed by atoms with Gasteiger partial charge in [-0.05, 0) is 25.0 Å². The molecule has 2 rings (SSSR count). The van der Waals surface area contributed by atoms with Crippen LogP contribution in [0.4, 0.5) is 0 Å². The minimum atomic E-state index is -1.24. The second-order valence-electron chi connectivity index (χ2n) is 5.39. The van der Waals surface area contributed by atoms with Gasteiger partial charge in [-0.15, -0.1) is 0 Å². The van der Waals surface area contributed by atoms with Crippen molar-refractivity contribution < 1.29 is 33.3 Å². The standard InChI is InChI=1S/C17H22O7/c1-6-17(7-2)15(18)23-14(24-16(17)19)10-8-11(20-3)13(22-5)12(9-10)21-4/h8-9,14H,6-7H2,1-5H3. The van der Waals surface area contributed by atoms with Crippen LogP contribution in [0.5, 0.6) is 17.2 Å². The molecule has 0 aliphatic carbocycles. The summed E-state index contributed by atoms with van der Waals surface area (Å²) in [7, 11) is 4.43. The van der Waals surface area contributed by atoms with E-state index >= 15 is 0 Å². The third-order valence-electron chi connectivity index (χ3n) is 4.38. The van der Waals surface area contributed by atoms with Gasteiger partial charge in [0.05, 0.1) is 21.3 Å². The van der Waals surface area contributed by atoms with Crippen molar-refractivity contribution in [1.29, 1.82) is 0 Å². The van der Waals surface area contributed by atoms with Gasteiger partial charge in [-0.25, -0.2) is 0 Å². The number of carbonyl (C=O) groups is 2. The van der Waals surface area contributed by atoms with Crippen LogP contribution in [0.25, 0.3) is 0 Å². The average molecular weight is 338 g/mol. The summed E-state index contributed by atoms with van der Waals surface area (Å²) in [5.74, 6) is -0.0118. The normalized spacial score (nSPS) is 17.0. The maximum atomic E-state index is 12.4. The molecule has 132 valence electrons. The SMILES string of the molecule is CCC1(CC)C(=O)OC(c2cc(OC)c(OC)c(OC)c2)OC1=O. The molecule has 0 amide bonds. The van der Waals surface area contributed by atoms with Crippen molar-refractivity contribution >= 4 is 11.9 Å². The second-order valence-corrected chi connectivity index (χ2v) is 5.39. The predicted molar refractivity (Wildman–Crippen MR) is 84.0 cm³/mol. The molecule has 7 heteroatoms. The first-order valence-corrected chi connectivity index (χ1v) is 7.69. The van der Waals surface area contributed by atoms with E-state index < -0.39 is 23.6 Å². The topological polar surface area (TPSA) is 80.3 Å². The summed E-state index contributed by atoms with van der Waals surface area (Å²) in [6, 6.07) is 3.16. The van der Waals surface area contributed by atoms with E-state index in [2.05, 4.69) is 0 Å². The molecule has 0 radical (unpaired) electrons. The van der Waals surface area contributed by atoms with Crippen LogP contribution in [0.2, 0.25) is 0 Å². The molecule has 0 atom stereocenters. The van der Waals surface area contributed by atoms with Crippen molar-refractivity contribution in [3.8, 4) is 17.2 Å². The van der Waals surface area contributed by atoms with Crippen LogP contribution in [0.15, 0.2) is 12.1 Å². The minimum Gasteiger partial charge on any atom is -0.493 e. The highest BCUT2D eigenvalue weighted by Gasteiger charge is 2.51. The van der Waals surface area contributed by atoms with Gasteiger partial charge in [0.15, 0.2) is 16.9 Å². The molecular formula is C17H22O7. The first-order valence-electron chi connectivity index (χ1n) is 7.69. The highest BCUT2D eigenvalue weighted by molar-refractivity contribution is 6.01. The highest BCUT2D eigenvalue weighted by Crippen LogP contribution is 2.44. The number of methoxy groups -OCH3 is 3. The summed E-state index contributed by atoms with van der Waals surface area (Å²) in [6.45, 7) is 3.51. The van der Waals surface area contributed by atoms with Crippen LogP contribution >= 0.6 is 0 Å². The van der Waals surface area contributed by atoms with Crippen LogP contribution < -0.4 is 14.2 Å². The lowest BCUT2D eigenvalue weighted by molar-refractivity contribution is -0.226. The molecule has 0 N–H and O–H groups in total. The molecule has 1 heterocycles. The number of hydrogen-bond acceptors (Lipinski definition) is 7. The fraction of sp³-hybridized carbons (Fsp3) is 0.529. The molecule has 0 spiro atoms. The zero-order valence-corrected chi connectivity index (χ0v) is 14.5. The van der Waals surface area contributed by atoms with Gasteiger partial charge in [0, 0.05) is 5.56 Å². The summed E-state index contributed by atoms with van der Waals surface area (Å²) in [6.07, 6.45) is -0.503. The Bertz CT molecular complexity index is 589. The lowest BCUT2D eigenvalue weighted by Gasteiger charge is -2.35. The van der Waals surface area contributed by atoms with E-state index in [0.717, 1.165) is 0 Å². The summed E-state index contributed by atoms with van der Waals surface area (Å²) in [5.41, 5.74) is -0.816. The Morgan fingerprint density at radius 2 is 1.38 bits per heavy atom. The molecular weight excluding hydrogens is 316 g/mol. The van der Waals surface area contributed by atoms with Crippen molar-refractivity contribution in [2.75, 3.05) is 21.3 Å². The van der Waals surface area contributed by atoms with Crippen LogP contribution in [0.3, 0.4) is 0 Å². The molecule has 1 aliphatic rings. The molecule has 1 saturated heterocycles. The maximum Gasteiger partial charge on any atom is 0.326 e. The van der Waals surface area contributed by atoms with Crippen molar-refractivity contribution in [3.05, 3.63) is 17.7 Å². The molecule has 7 nitrogen and oxygen atoms in total. The molecule has 1 aromatic rings. The van der Waals surface area contributed by atoms with E-state index in [1.54, 1.807) is 26.0 Å². The van der Waals surface area contributed by atoms with Gasteiger partial charge >= 0.3 is 11.9 Å². The number of hydrogen-bond donors (Lipinski definition) is 0. The van der Waals surface area contributed by atoms with Crippen molar-refractivity contribution in [2.45, 2.75) is 33.0 Å². The van der Waals surface area contributed by atoms with Gasteiger partial charge in [0.25, 0.3) is 6.29 Å². The quantitative estimate of drug-likeness (QED) is 0.582. The van der Waals surface area contributed by atoms with Gasteiger partial charge in [-0.2, -0.15) is 0 Å². The Morgan fingerprint density at radius 3 is 1.71 bits per heavy atom. The monoisotopic (exact) mass is 338 g/mol. The van der Waals surface area contributed by atoms with Gasteiger partial charge < -0.3 is 23.7 Å². The van der Waals surface area contributed by atoms with E-state index in [-0.39, 0.29) is 0 Å². The number of benzene rings is 1. The van der Waals surface area contributed by atoms with E-state index in [0.29, 0.717) is 35.7 Å². The summed E-state index contributed by atoms with van der Waals surface area (Å²) < 4.78 is 26.5. The Labute approximate surface area is 140 Å². The van der Waals surface area contributed by atoms with E-state index in [4.69, 9.17) is 23.7 Å². The largest absolute Gasteiger partial charge is 0.493 e. The van der Waals surface area contributed by atoms with Crippen molar-refractivity contribution in [1.82, 2.24) is 0 Å². The summed E-state index contributed by atoms with van der Waals surface area (Å²) in [5, 5.41) is 0. The van der Waals surface area contributed by atoms with Crippen molar-refractivity contribution in [3.63, 3.8) is 0 Å². The Hall–Kier alpha value is -2.44. The molecule has 1 aromatic carbocycles. The zero-order chi connectivity index (χ0) is 17.9. The van der Waals surface area contributed by atoms with E-state index in [1.165, 1.54) is 21.3 Å². The minimum absolute atomic E-state index is 0.323. The number of carbonyl (C=O) groups excluding carboxylic acids is 2. The average Bonchev–Trinajstić information content (AvgIpc) is 2.60. The smallest absolute Gasteiger partial charge is 0.326 e. The Morgan fingerprint density at radius 1 is 0.917 bits per heavy atom. The van der Waals surface area contributed by atoms with Crippen LogP contribution in [0.1, 0.15) is 38.5 Å². The predicted octanol–water partition coefficient (Wildman–Crippen LogP) is 2.62. The first-order chi connectivity index (χ1) is 11.5. The first kappa shape index (κ1) is 17.9. The fourth-order valence-corrected chi connectivity index (χ4v) is 2.73. The molecule has 24 heavy (non-hydrogen) atoms. The number of rotatable bonds is 6. The molecule has 0 aromatic heterocycles. The van der Waals surface area contributed by atoms with Crippen LogP contribution in [0, 0.1) is 5.41 Å². The van der Waals surface area contributed by atoms with Gasteiger partial charge in [0.1, 0.15) is 0 Å². The number of esters is 2. The van der Waals surface area contributed by atoms with E-state index in [9.17, 15) is 9.59 Å². The molecule has 0 bridgehead atoms. The summed E-state index contributed by atoms with van der Waals surface area (Å²) in [4.78, 5) is 24.8. The fourth-order valence-electron chi connectivity index (χ4n) is 2.73. The number of cyclic esters (lactones) is 2. The van der Waals surface area contributed by atoms with Crippen LogP contribution in [-0.4, -0.2) is 33.3 Å². The summed E-state index contributed by atoms with van der Waals surface area (Å²) >= 11 is 0. The molecule has 1 aliphatic heterocycles. The second kappa shape index (κ2) is 6.98. The maximum absolute atomic E-state index is 12.4. The van der Waals surface area contributed by atoms with Gasteiger partial charge in [-0.1, -0.05) is 13.8 Å². The van der Waals surface area contributed by atoms with Gasteiger partial charge in [-0.3, -0.25) is 9.59 Å². The molecule has 0 unspecified atom stereocenters.